The van der Waals surface area contributed by atoms with E-state index in [0.29, 0.717) is 6.04 Å². The van der Waals surface area contributed by atoms with Crippen molar-refractivity contribution >= 4 is 11.6 Å². The largest absolute Gasteiger partial charge is 0.326 e. The molecule has 0 fully saturated rings. The first-order valence-corrected chi connectivity index (χ1v) is 6.80. The van der Waals surface area contributed by atoms with Gasteiger partial charge in [0.25, 0.3) is 0 Å². The molecule has 0 heterocycles. The average molecular weight is 258 g/mol. The van der Waals surface area contributed by atoms with Crippen molar-refractivity contribution in [3.8, 4) is 0 Å². The van der Waals surface area contributed by atoms with E-state index >= 15 is 0 Å². The Bertz CT molecular complexity index is 482. The Morgan fingerprint density at radius 2 is 2.32 bits per heavy atom. The number of benzene rings is 1. The normalized spacial score (nSPS) is 17.9. The molecule has 0 bridgehead atoms. The number of nitrogens with zero attached hydrogens (tertiary/aromatic N) is 1. The minimum absolute atomic E-state index is 0.0175. The molecule has 1 atom stereocenters. The van der Waals surface area contributed by atoms with Crippen LogP contribution in [0.15, 0.2) is 30.9 Å². The molecule has 1 aromatic rings. The smallest absolute Gasteiger partial charge is 0.221 e. The van der Waals surface area contributed by atoms with Gasteiger partial charge in [-0.05, 0) is 49.6 Å². The molecule has 1 unspecified atom stereocenters. The first kappa shape index (κ1) is 13.8. The minimum atomic E-state index is -0.0175. The topological polar surface area (TPSA) is 32.3 Å². The van der Waals surface area contributed by atoms with E-state index in [1.807, 2.05) is 12.1 Å². The molecule has 0 aliphatic heterocycles. The van der Waals surface area contributed by atoms with E-state index in [-0.39, 0.29) is 5.91 Å². The molecule has 2 rings (SSSR count). The van der Waals surface area contributed by atoms with Crippen molar-refractivity contribution in [2.45, 2.75) is 32.2 Å². The quantitative estimate of drug-likeness (QED) is 0.842. The minimum Gasteiger partial charge on any atom is -0.326 e. The third kappa shape index (κ3) is 3.44. The van der Waals surface area contributed by atoms with Gasteiger partial charge in [-0.1, -0.05) is 12.1 Å². The lowest BCUT2D eigenvalue weighted by molar-refractivity contribution is -0.114. The Morgan fingerprint density at radius 3 is 3.00 bits per heavy atom. The number of hydrogen-bond acceptors (Lipinski definition) is 2. The summed E-state index contributed by atoms with van der Waals surface area (Å²) < 4.78 is 0. The van der Waals surface area contributed by atoms with E-state index < -0.39 is 0 Å². The van der Waals surface area contributed by atoms with E-state index in [2.05, 4.69) is 36.0 Å². The Hall–Kier alpha value is -1.61. The number of amides is 1. The molecule has 0 saturated carbocycles. The van der Waals surface area contributed by atoms with Gasteiger partial charge in [-0.2, -0.15) is 0 Å². The fourth-order valence-electron chi connectivity index (χ4n) is 2.75. The van der Waals surface area contributed by atoms with E-state index in [1.54, 1.807) is 6.92 Å². The van der Waals surface area contributed by atoms with Crippen molar-refractivity contribution in [2.75, 3.05) is 18.9 Å². The van der Waals surface area contributed by atoms with E-state index in [0.717, 1.165) is 25.1 Å². The molecule has 1 aliphatic carbocycles. The van der Waals surface area contributed by atoms with Gasteiger partial charge in [0.05, 0.1) is 0 Å². The van der Waals surface area contributed by atoms with Gasteiger partial charge in [0.1, 0.15) is 0 Å². The first-order chi connectivity index (χ1) is 9.10. The zero-order valence-corrected chi connectivity index (χ0v) is 11.8. The van der Waals surface area contributed by atoms with E-state index in [4.69, 9.17) is 0 Å². The van der Waals surface area contributed by atoms with Gasteiger partial charge in [0.15, 0.2) is 0 Å². The third-order valence-corrected chi connectivity index (χ3v) is 3.77. The lowest BCUT2D eigenvalue weighted by atomic mass is 9.87. The van der Waals surface area contributed by atoms with Crippen molar-refractivity contribution in [2.24, 2.45) is 0 Å². The Kier molecular flexibility index (Phi) is 4.38. The fraction of sp³-hybridized carbons (Fsp3) is 0.438. The number of nitrogens with one attached hydrogen (secondary N) is 1. The molecule has 1 aromatic carbocycles. The van der Waals surface area contributed by atoms with Crippen molar-refractivity contribution in [3.05, 3.63) is 42.0 Å². The summed E-state index contributed by atoms with van der Waals surface area (Å²) in [7, 11) is 2.15. The van der Waals surface area contributed by atoms with Gasteiger partial charge in [-0.3, -0.25) is 9.69 Å². The predicted molar refractivity (Wildman–Crippen MR) is 79.4 cm³/mol. The number of carbonyl (C=O) groups is 1. The maximum absolute atomic E-state index is 11.1. The number of anilines is 1. The van der Waals surface area contributed by atoms with Gasteiger partial charge >= 0.3 is 0 Å². The maximum Gasteiger partial charge on any atom is 0.221 e. The molecule has 3 heteroatoms. The molecule has 1 aliphatic rings. The fourth-order valence-corrected chi connectivity index (χ4v) is 2.75. The highest BCUT2D eigenvalue weighted by molar-refractivity contribution is 5.88. The van der Waals surface area contributed by atoms with Crippen LogP contribution in [0.5, 0.6) is 0 Å². The van der Waals surface area contributed by atoms with Crippen LogP contribution in [0.25, 0.3) is 0 Å². The van der Waals surface area contributed by atoms with Crippen LogP contribution in [0.2, 0.25) is 0 Å². The number of likely N-dealkylation sites (N-methyl/N-ethyl adjacent to an activating group) is 1. The van der Waals surface area contributed by atoms with Crippen LogP contribution in [0, 0.1) is 0 Å². The highest BCUT2D eigenvalue weighted by Crippen LogP contribution is 2.26. The zero-order chi connectivity index (χ0) is 13.8. The summed E-state index contributed by atoms with van der Waals surface area (Å²) in [6.45, 7) is 6.26. The summed E-state index contributed by atoms with van der Waals surface area (Å²) in [5, 5.41) is 2.86. The summed E-state index contributed by atoms with van der Waals surface area (Å²) in [4.78, 5) is 13.5. The highest BCUT2D eigenvalue weighted by Gasteiger charge is 2.21. The van der Waals surface area contributed by atoms with Crippen molar-refractivity contribution in [1.82, 2.24) is 4.90 Å². The molecular formula is C16H22N2O. The molecule has 0 aromatic heterocycles. The Balaban J connectivity index is 2.13. The summed E-state index contributed by atoms with van der Waals surface area (Å²) in [5.41, 5.74) is 3.68. The second kappa shape index (κ2) is 6.02. The summed E-state index contributed by atoms with van der Waals surface area (Å²) in [6.07, 6.45) is 5.30. The van der Waals surface area contributed by atoms with E-state index in [9.17, 15) is 4.79 Å². The molecule has 0 saturated heterocycles. The summed E-state index contributed by atoms with van der Waals surface area (Å²) >= 11 is 0. The summed E-state index contributed by atoms with van der Waals surface area (Å²) in [5.74, 6) is -0.0175. The number of fused-ring (bicyclic) bond motifs is 1. The van der Waals surface area contributed by atoms with Gasteiger partial charge in [-0.25, -0.2) is 0 Å². The molecule has 19 heavy (non-hydrogen) atoms. The Morgan fingerprint density at radius 1 is 1.53 bits per heavy atom. The molecule has 0 radical (unpaired) electrons. The molecule has 3 nitrogen and oxygen atoms in total. The standard InChI is InChI=1S/C16H22N2O/c1-4-9-18(3)16-8-6-13-5-7-15(17-12(2)19)10-14(13)11-16/h4-5,7,10,16H,1,6,8-9,11H2,2-3H3,(H,17,19). The second-order valence-electron chi connectivity index (χ2n) is 5.29. The van der Waals surface area contributed by atoms with Crippen molar-refractivity contribution < 1.29 is 4.79 Å². The van der Waals surface area contributed by atoms with Gasteiger partial charge < -0.3 is 5.32 Å². The molecule has 0 spiro atoms. The number of hydrogen-bond donors (Lipinski definition) is 1. The second-order valence-corrected chi connectivity index (χ2v) is 5.29. The van der Waals surface area contributed by atoms with Crippen LogP contribution < -0.4 is 5.32 Å². The van der Waals surface area contributed by atoms with Crippen LogP contribution in [-0.2, 0) is 17.6 Å². The number of carbonyl (C=O) groups excluding carboxylic acids is 1. The molecule has 1 amide bonds. The van der Waals surface area contributed by atoms with Gasteiger partial charge in [-0.15, -0.1) is 6.58 Å². The zero-order valence-electron chi connectivity index (χ0n) is 11.8. The number of aryl methyl sites for hydroxylation is 1. The lowest BCUT2D eigenvalue weighted by Gasteiger charge is -2.32. The first-order valence-electron chi connectivity index (χ1n) is 6.80. The third-order valence-electron chi connectivity index (χ3n) is 3.77. The molecular weight excluding hydrogens is 236 g/mol. The van der Waals surface area contributed by atoms with Gasteiger partial charge in [0.2, 0.25) is 5.91 Å². The van der Waals surface area contributed by atoms with Gasteiger partial charge in [0, 0.05) is 25.2 Å². The average Bonchev–Trinajstić information content (AvgIpc) is 2.37. The van der Waals surface area contributed by atoms with Crippen molar-refractivity contribution in [3.63, 3.8) is 0 Å². The van der Waals surface area contributed by atoms with Crippen LogP contribution in [0.4, 0.5) is 5.69 Å². The summed E-state index contributed by atoms with van der Waals surface area (Å²) in [6, 6.07) is 6.82. The van der Waals surface area contributed by atoms with Crippen molar-refractivity contribution in [1.29, 1.82) is 0 Å². The van der Waals surface area contributed by atoms with Crippen LogP contribution in [-0.4, -0.2) is 30.4 Å². The SMILES string of the molecule is C=CCN(C)C1CCc2ccc(NC(C)=O)cc2C1. The maximum atomic E-state index is 11.1. The number of rotatable bonds is 4. The van der Waals surface area contributed by atoms with Crippen LogP contribution in [0.1, 0.15) is 24.5 Å². The van der Waals surface area contributed by atoms with E-state index in [1.165, 1.54) is 17.5 Å². The molecule has 1 N–H and O–H groups in total. The lowest BCUT2D eigenvalue weighted by Crippen LogP contribution is -2.36. The monoisotopic (exact) mass is 258 g/mol. The molecule has 102 valence electrons. The van der Waals surface area contributed by atoms with Crippen LogP contribution >= 0.6 is 0 Å². The predicted octanol–water partition coefficient (Wildman–Crippen LogP) is 2.62. The van der Waals surface area contributed by atoms with Crippen LogP contribution in [0.3, 0.4) is 0 Å². The Labute approximate surface area is 115 Å². The highest BCUT2D eigenvalue weighted by atomic mass is 16.1.